The molecule has 0 aliphatic rings. The van der Waals surface area contributed by atoms with Crippen molar-refractivity contribution < 1.29 is 19.4 Å². The number of hydrogen-bond acceptors (Lipinski definition) is 6. The summed E-state index contributed by atoms with van der Waals surface area (Å²) >= 11 is 1.00. The van der Waals surface area contributed by atoms with E-state index in [1.54, 1.807) is 6.92 Å². The summed E-state index contributed by atoms with van der Waals surface area (Å²) in [5, 5.41) is 16.3. The topological polar surface area (TPSA) is 94.3 Å². The number of carbonyl (C=O) groups is 2. The Morgan fingerprint density at radius 2 is 2.38 bits per heavy atom. The van der Waals surface area contributed by atoms with Crippen molar-refractivity contribution in [2.75, 3.05) is 12.9 Å². The van der Waals surface area contributed by atoms with Crippen LogP contribution < -0.4 is 0 Å². The van der Waals surface area contributed by atoms with Crippen molar-refractivity contribution in [1.29, 1.82) is 0 Å². The van der Waals surface area contributed by atoms with Gasteiger partial charge in [-0.05, 0) is 6.92 Å². The van der Waals surface area contributed by atoms with Crippen LogP contribution in [0.2, 0.25) is 0 Å². The van der Waals surface area contributed by atoms with E-state index in [1.165, 1.54) is 18.0 Å². The number of esters is 1. The molecule has 1 aromatic heterocycles. The first kappa shape index (κ1) is 12.5. The lowest BCUT2D eigenvalue weighted by atomic mass is 10.3. The number of carboxylic acid groups (broad SMARTS) is 1. The Bertz CT molecular complexity index is 392. The predicted octanol–water partition coefficient (Wildman–Crippen LogP) is 0.189. The molecule has 1 N–H and O–H groups in total. The van der Waals surface area contributed by atoms with Gasteiger partial charge in [0.25, 0.3) is 0 Å². The van der Waals surface area contributed by atoms with Crippen molar-refractivity contribution in [3.63, 3.8) is 0 Å². The molecule has 0 radical (unpaired) electrons. The number of ether oxygens (including phenoxy) is 1. The molecule has 1 rings (SSSR count). The highest BCUT2D eigenvalue weighted by molar-refractivity contribution is 7.99. The van der Waals surface area contributed by atoms with Crippen LogP contribution in [0.15, 0.2) is 11.5 Å². The Morgan fingerprint density at radius 1 is 1.69 bits per heavy atom. The highest BCUT2D eigenvalue weighted by Crippen LogP contribution is 2.19. The van der Waals surface area contributed by atoms with E-state index in [2.05, 4.69) is 14.9 Å². The molecule has 0 saturated carbocycles. The van der Waals surface area contributed by atoms with Crippen LogP contribution in [0.4, 0.5) is 0 Å². The molecule has 0 aromatic carbocycles. The van der Waals surface area contributed by atoms with Crippen LogP contribution in [0.1, 0.15) is 13.0 Å². The van der Waals surface area contributed by atoms with Crippen LogP contribution in [-0.2, 0) is 14.3 Å². The van der Waals surface area contributed by atoms with Gasteiger partial charge in [-0.2, -0.15) is 0 Å². The van der Waals surface area contributed by atoms with E-state index in [9.17, 15) is 9.59 Å². The Labute approximate surface area is 95.8 Å². The first-order valence-electron chi connectivity index (χ1n) is 4.38. The molecule has 7 nitrogen and oxygen atoms in total. The van der Waals surface area contributed by atoms with Crippen molar-refractivity contribution in [2.45, 2.75) is 18.1 Å². The summed E-state index contributed by atoms with van der Waals surface area (Å²) in [7, 11) is 1.28. The van der Waals surface area contributed by atoms with Gasteiger partial charge in [-0.3, -0.25) is 9.36 Å². The summed E-state index contributed by atoms with van der Waals surface area (Å²) in [6, 6.07) is -0.573. The number of carboxylic acids is 1. The lowest BCUT2D eigenvalue weighted by Crippen LogP contribution is -2.18. The molecule has 0 aliphatic carbocycles. The summed E-state index contributed by atoms with van der Waals surface area (Å²) in [6.07, 6.45) is 1.37. The molecule has 0 spiro atoms. The Kier molecular flexibility index (Phi) is 4.29. The number of rotatable bonds is 5. The lowest BCUT2D eigenvalue weighted by molar-refractivity contribution is -0.144. The number of thioether (sulfide) groups is 1. The maximum Gasteiger partial charge on any atom is 0.328 e. The molecule has 8 heteroatoms. The predicted molar refractivity (Wildman–Crippen MR) is 55.1 cm³/mol. The van der Waals surface area contributed by atoms with E-state index < -0.39 is 18.0 Å². The van der Waals surface area contributed by atoms with E-state index >= 15 is 0 Å². The zero-order chi connectivity index (χ0) is 12.1. The maximum atomic E-state index is 11.3. The van der Waals surface area contributed by atoms with E-state index in [1.807, 2.05) is 0 Å². The molecule has 1 aromatic rings. The first-order valence-corrected chi connectivity index (χ1v) is 5.36. The Morgan fingerprint density at radius 3 is 2.94 bits per heavy atom. The fourth-order valence-corrected chi connectivity index (χ4v) is 1.72. The highest BCUT2D eigenvalue weighted by atomic mass is 32.2. The van der Waals surface area contributed by atoms with Gasteiger partial charge in [-0.15, -0.1) is 10.2 Å². The van der Waals surface area contributed by atoms with Gasteiger partial charge < -0.3 is 9.84 Å². The molecule has 0 saturated heterocycles. The Balaban J connectivity index is 2.77. The van der Waals surface area contributed by atoms with E-state index in [-0.39, 0.29) is 5.75 Å². The molecule has 0 aliphatic heterocycles. The van der Waals surface area contributed by atoms with Crippen LogP contribution in [0.25, 0.3) is 0 Å². The minimum absolute atomic E-state index is 0.132. The van der Waals surface area contributed by atoms with Crippen molar-refractivity contribution in [3.05, 3.63) is 6.33 Å². The van der Waals surface area contributed by atoms with Crippen LogP contribution in [-0.4, -0.2) is 44.7 Å². The van der Waals surface area contributed by atoms with Crippen molar-refractivity contribution in [3.8, 4) is 0 Å². The van der Waals surface area contributed by atoms with Gasteiger partial charge in [0.05, 0.1) is 12.9 Å². The van der Waals surface area contributed by atoms with E-state index in [0.29, 0.717) is 5.16 Å². The van der Waals surface area contributed by atoms with Gasteiger partial charge in [0.1, 0.15) is 12.4 Å². The molecule has 88 valence electrons. The standard InChI is InChI=1S/C8H11N3O4S/c1-5(7(14)15-2)11-4-9-10-8(11)16-3-6(12)13/h4-5H,3H2,1-2H3,(H,12,13). The summed E-state index contributed by atoms with van der Waals surface area (Å²) in [5.41, 5.74) is 0. The molecule has 1 atom stereocenters. The molecule has 16 heavy (non-hydrogen) atoms. The summed E-state index contributed by atoms with van der Waals surface area (Å²) < 4.78 is 6.05. The molecule has 1 heterocycles. The minimum Gasteiger partial charge on any atom is -0.481 e. The monoisotopic (exact) mass is 245 g/mol. The third kappa shape index (κ3) is 2.96. The second-order valence-corrected chi connectivity index (χ2v) is 3.84. The van der Waals surface area contributed by atoms with Crippen molar-refractivity contribution in [1.82, 2.24) is 14.8 Å². The number of nitrogens with zero attached hydrogens (tertiary/aromatic N) is 3. The number of hydrogen-bond donors (Lipinski definition) is 1. The van der Waals surface area contributed by atoms with Crippen LogP contribution in [0.5, 0.6) is 0 Å². The van der Waals surface area contributed by atoms with Gasteiger partial charge >= 0.3 is 11.9 Å². The van der Waals surface area contributed by atoms with Gasteiger partial charge in [0.15, 0.2) is 5.16 Å². The van der Waals surface area contributed by atoms with E-state index in [0.717, 1.165) is 11.8 Å². The van der Waals surface area contributed by atoms with Crippen molar-refractivity contribution >= 4 is 23.7 Å². The van der Waals surface area contributed by atoms with Crippen LogP contribution in [0, 0.1) is 0 Å². The summed E-state index contributed by atoms with van der Waals surface area (Å²) in [6.45, 7) is 1.63. The number of aliphatic carboxylic acids is 1. The fourth-order valence-electron chi connectivity index (χ4n) is 1.01. The number of carbonyl (C=O) groups excluding carboxylic acids is 1. The van der Waals surface area contributed by atoms with Gasteiger partial charge in [-0.1, -0.05) is 11.8 Å². The van der Waals surface area contributed by atoms with Crippen molar-refractivity contribution in [2.24, 2.45) is 0 Å². The summed E-state index contributed by atoms with van der Waals surface area (Å²) in [5.74, 6) is -1.52. The SMILES string of the molecule is COC(=O)C(C)n1cnnc1SCC(=O)O. The minimum atomic E-state index is -0.953. The number of aromatic nitrogens is 3. The highest BCUT2D eigenvalue weighted by Gasteiger charge is 2.19. The third-order valence-corrected chi connectivity index (χ3v) is 2.77. The average molecular weight is 245 g/mol. The normalized spacial score (nSPS) is 12.1. The smallest absolute Gasteiger partial charge is 0.328 e. The zero-order valence-corrected chi connectivity index (χ0v) is 9.60. The summed E-state index contributed by atoms with van der Waals surface area (Å²) in [4.78, 5) is 21.7. The second kappa shape index (κ2) is 5.50. The quantitative estimate of drug-likeness (QED) is 0.584. The van der Waals surface area contributed by atoms with Gasteiger partial charge in [0.2, 0.25) is 0 Å². The Hall–Kier alpha value is -1.57. The fraction of sp³-hybridized carbons (Fsp3) is 0.500. The van der Waals surface area contributed by atoms with E-state index in [4.69, 9.17) is 5.11 Å². The largest absolute Gasteiger partial charge is 0.481 e. The van der Waals surface area contributed by atoms with Crippen LogP contribution >= 0.6 is 11.8 Å². The molecular weight excluding hydrogens is 234 g/mol. The lowest BCUT2D eigenvalue weighted by Gasteiger charge is -2.11. The van der Waals surface area contributed by atoms with Crippen LogP contribution in [0.3, 0.4) is 0 Å². The molecular formula is C8H11N3O4S. The molecule has 0 amide bonds. The first-order chi connectivity index (χ1) is 7.56. The number of methoxy groups -OCH3 is 1. The average Bonchev–Trinajstić information content (AvgIpc) is 2.72. The second-order valence-electron chi connectivity index (χ2n) is 2.90. The van der Waals surface area contributed by atoms with Gasteiger partial charge in [0, 0.05) is 0 Å². The third-order valence-electron chi connectivity index (χ3n) is 1.82. The van der Waals surface area contributed by atoms with Gasteiger partial charge in [-0.25, -0.2) is 4.79 Å². The molecule has 0 bridgehead atoms. The molecule has 1 unspecified atom stereocenters. The zero-order valence-electron chi connectivity index (χ0n) is 8.78. The maximum absolute atomic E-state index is 11.3. The molecule has 0 fully saturated rings.